The predicted octanol–water partition coefficient (Wildman–Crippen LogP) is 3.14. The van der Waals surface area contributed by atoms with E-state index in [0.717, 1.165) is 37.4 Å². The Morgan fingerprint density at radius 2 is 1.70 bits per heavy atom. The number of aliphatic hydroxyl groups excluding tert-OH is 1. The molecule has 2 N–H and O–H groups in total. The molecule has 1 fully saturated rings. The molecule has 4 nitrogen and oxygen atoms in total. The topological polar surface area (TPSA) is 44.7 Å². The molecule has 0 atom stereocenters. The SMILES string of the molecule is OCCOc1ccc(NC2CCN(c3ccccc3)CC2)cc1. The fourth-order valence-corrected chi connectivity index (χ4v) is 2.97. The Labute approximate surface area is 137 Å². The van der Waals surface area contributed by atoms with Crippen molar-refractivity contribution >= 4 is 11.4 Å². The Morgan fingerprint density at radius 1 is 1.00 bits per heavy atom. The highest BCUT2D eigenvalue weighted by molar-refractivity contribution is 5.49. The van der Waals surface area contributed by atoms with Crippen molar-refractivity contribution in [2.75, 3.05) is 36.5 Å². The first-order valence-electron chi connectivity index (χ1n) is 8.25. The number of benzene rings is 2. The van der Waals surface area contributed by atoms with Crippen molar-refractivity contribution in [2.45, 2.75) is 18.9 Å². The molecule has 2 aromatic carbocycles. The van der Waals surface area contributed by atoms with Crippen molar-refractivity contribution in [3.63, 3.8) is 0 Å². The average Bonchev–Trinajstić information content (AvgIpc) is 2.62. The lowest BCUT2D eigenvalue weighted by atomic mass is 10.0. The number of para-hydroxylation sites is 1. The van der Waals surface area contributed by atoms with Crippen molar-refractivity contribution in [2.24, 2.45) is 0 Å². The van der Waals surface area contributed by atoms with E-state index in [9.17, 15) is 0 Å². The molecule has 1 aliphatic heterocycles. The van der Waals surface area contributed by atoms with Gasteiger partial charge in [0, 0.05) is 30.5 Å². The fraction of sp³-hybridized carbons (Fsp3) is 0.368. The molecule has 0 radical (unpaired) electrons. The van der Waals surface area contributed by atoms with Crippen LogP contribution in [0.15, 0.2) is 54.6 Å². The first kappa shape index (κ1) is 15.7. The van der Waals surface area contributed by atoms with Gasteiger partial charge in [-0.25, -0.2) is 0 Å². The standard InChI is InChI=1S/C19H24N2O2/c22-14-15-23-19-8-6-16(7-9-19)20-17-10-12-21(13-11-17)18-4-2-1-3-5-18/h1-9,17,20,22H,10-15H2. The Morgan fingerprint density at radius 3 is 2.35 bits per heavy atom. The third-order valence-electron chi connectivity index (χ3n) is 4.20. The lowest BCUT2D eigenvalue weighted by Crippen LogP contribution is -2.39. The van der Waals surface area contributed by atoms with Crippen LogP contribution in [0.4, 0.5) is 11.4 Å². The van der Waals surface area contributed by atoms with E-state index in [2.05, 4.69) is 40.5 Å². The number of nitrogens with zero attached hydrogens (tertiary/aromatic N) is 1. The quantitative estimate of drug-likeness (QED) is 0.860. The number of anilines is 2. The van der Waals surface area contributed by atoms with Crippen molar-refractivity contribution in [3.8, 4) is 5.75 Å². The van der Waals surface area contributed by atoms with Crippen LogP contribution >= 0.6 is 0 Å². The summed E-state index contributed by atoms with van der Waals surface area (Å²) in [6.45, 7) is 2.55. The van der Waals surface area contributed by atoms with Crippen LogP contribution in [0.25, 0.3) is 0 Å². The maximum absolute atomic E-state index is 8.76. The summed E-state index contributed by atoms with van der Waals surface area (Å²) in [6, 6.07) is 19.1. The monoisotopic (exact) mass is 312 g/mol. The fourth-order valence-electron chi connectivity index (χ4n) is 2.97. The van der Waals surface area contributed by atoms with Gasteiger partial charge < -0.3 is 20.1 Å². The summed E-state index contributed by atoms with van der Waals surface area (Å²) in [5.74, 6) is 0.795. The largest absolute Gasteiger partial charge is 0.491 e. The lowest BCUT2D eigenvalue weighted by Gasteiger charge is -2.34. The molecule has 122 valence electrons. The molecule has 0 amide bonds. The molecular weight excluding hydrogens is 288 g/mol. The third kappa shape index (κ3) is 4.39. The minimum atomic E-state index is 0.0417. The molecule has 0 aliphatic carbocycles. The van der Waals surface area contributed by atoms with Gasteiger partial charge in [0.1, 0.15) is 12.4 Å². The minimum Gasteiger partial charge on any atom is -0.491 e. The minimum absolute atomic E-state index is 0.0417. The van der Waals surface area contributed by atoms with Crippen LogP contribution in [0.3, 0.4) is 0 Å². The summed E-state index contributed by atoms with van der Waals surface area (Å²) in [7, 11) is 0. The molecule has 0 unspecified atom stereocenters. The van der Waals surface area contributed by atoms with E-state index in [1.165, 1.54) is 5.69 Å². The summed E-state index contributed by atoms with van der Waals surface area (Å²) in [6.07, 6.45) is 2.27. The molecular formula is C19H24N2O2. The van der Waals surface area contributed by atoms with E-state index in [1.807, 2.05) is 24.3 Å². The number of piperidine rings is 1. The number of rotatable bonds is 6. The zero-order valence-corrected chi connectivity index (χ0v) is 13.3. The van der Waals surface area contributed by atoms with Crippen LogP contribution < -0.4 is 15.0 Å². The molecule has 1 heterocycles. The van der Waals surface area contributed by atoms with Crippen LogP contribution in [0.5, 0.6) is 5.75 Å². The van der Waals surface area contributed by atoms with Gasteiger partial charge in [0.25, 0.3) is 0 Å². The summed E-state index contributed by atoms with van der Waals surface area (Å²) in [5, 5.41) is 12.4. The molecule has 0 saturated carbocycles. The molecule has 0 spiro atoms. The van der Waals surface area contributed by atoms with Crippen LogP contribution in [-0.2, 0) is 0 Å². The van der Waals surface area contributed by atoms with Crippen molar-refractivity contribution in [3.05, 3.63) is 54.6 Å². The molecule has 4 heteroatoms. The van der Waals surface area contributed by atoms with Gasteiger partial charge in [-0.05, 0) is 49.2 Å². The first-order valence-corrected chi connectivity index (χ1v) is 8.25. The Balaban J connectivity index is 1.49. The Hall–Kier alpha value is -2.20. The average molecular weight is 312 g/mol. The second-order valence-corrected chi connectivity index (χ2v) is 5.84. The van der Waals surface area contributed by atoms with E-state index < -0.39 is 0 Å². The van der Waals surface area contributed by atoms with E-state index in [0.29, 0.717) is 12.6 Å². The zero-order valence-electron chi connectivity index (χ0n) is 13.3. The first-order chi connectivity index (χ1) is 11.3. The molecule has 1 saturated heterocycles. The number of hydrogen-bond acceptors (Lipinski definition) is 4. The van der Waals surface area contributed by atoms with E-state index in [-0.39, 0.29) is 6.61 Å². The van der Waals surface area contributed by atoms with Gasteiger partial charge in [-0.2, -0.15) is 0 Å². The summed E-state index contributed by atoms with van der Waals surface area (Å²) in [4.78, 5) is 2.45. The highest BCUT2D eigenvalue weighted by atomic mass is 16.5. The highest BCUT2D eigenvalue weighted by Gasteiger charge is 2.19. The maximum atomic E-state index is 8.76. The van der Waals surface area contributed by atoms with Crippen LogP contribution in [-0.4, -0.2) is 37.5 Å². The third-order valence-corrected chi connectivity index (χ3v) is 4.20. The second kappa shape index (κ2) is 7.88. The van der Waals surface area contributed by atoms with Crippen LogP contribution in [0.1, 0.15) is 12.8 Å². The molecule has 23 heavy (non-hydrogen) atoms. The number of nitrogens with one attached hydrogen (secondary N) is 1. The Kier molecular flexibility index (Phi) is 5.37. The van der Waals surface area contributed by atoms with E-state index in [4.69, 9.17) is 9.84 Å². The van der Waals surface area contributed by atoms with Gasteiger partial charge in [-0.15, -0.1) is 0 Å². The molecule has 1 aliphatic rings. The van der Waals surface area contributed by atoms with Crippen LogP contribution in [0, 0.1) is 0 Å². The molecule has 2 aromatic rings. The normalized spacial score (nSPS) is 15.4. The van der Waals surface area contributed by atoms with Gasteiger partial charge >= 0.3 is 0 Å². The van der Waals surface area contributed by atoms with Gasteiger partial charge in [0.2, 0.25) is 0 Å². The molecule has 0 aromatic heterocycles. The van der Waals surface area contributed by atoms with Gasteiger partial charge in [0.05, 0.1) is 6.61 Å². The summed E-state index contributed by atoms with van der Waals surface area (Å²) >= 11 is 0. The summed E-state index contributed by atoms with van der Waals surface area (Å²) < 4.78 is 5.38. The number of aliphatic hydroxyl groups is 1. The van der Waals surface area contributed by atoms with Crippen molar-refractivity contribution in [1.29, 1.82) is 0 Å². The van der Waals surface area contributed by atoms with Crippen molar-refractivity contribution in [1.82, 2.24) is 0 Å². The summed E-state index contributed by atoms with van der Waals surface area (Å²) in [5.41, 5.74) is 2.44. The predicted molar refractivity (Wildman–Crippen MR) is 94.3 cm³/mol. The number of hydrogen-bond donors (Lipinski definition) is 2. The zero-order chi connectivity index (χ0) is 15.9. The maximum Gasteiger partial charge on any atom is 0.119 e. The lowest BCUT2D eigenvalue weighted by molar-refractivity contribution is 0.201. The van der Waals surface area contributed by atoms with E-state index >= 15 is 0 Å². The van der Waals surface area contributed by atoms with Crippen molar-refractivity contribution < 1.29 is 9.84 Å². The molecule has 0 bridgehead atoms. The smallest absolute Gasteiger partial charge is 0.119 e. The number of ether oxygens (including phenoxy) is 1. The molecule has 3 rings (SSSR count). The highest BCUT2D eigenvalue weighted by Crippen LogP contribution is 2.23. The Bertz CT molecular complexity index is 578. The second-order valence-electron chi connectivity index (χ2n) is 5.84. The van der Waals surface area contributed by atoms with Gasteiger partial charge in [-0.1, -0.05) is 18.2 Å². The van der Waals surface area contributed by atoms with Gasteiger partial charge in [0.15, 0.2) is 0 Å². The van der Waals surface area contributed by atoms with Gasteiger partial charge in [-0.3, -0.25) is 0 Å². The van der Waals surface area contributed by atoms with Crippen LogP contribution in [0.2, 0.25) is 0 Å². The van der Waals surface area contributed by atoms with E-state index in [1.54, 1.807) is 0 Å².